The molecule has 3 rings (SSSR count). The summed E-state index contributed by atoms with van der Waals surface area (Å²) in [5.74, 6) is -0.161. The van der Waals surface area contributed by atoms with Gasteiger partial charge in [-0.15, -0.1) is 5.10 Å². The van der Waals surface area contributed by atoms with E-state index in [1.165, 1.54) is 5.69 Å². The van der Waals surface area contributed by atoms with Crippen molar-refractivity contribution in [2.24, 2.45) is 5.10 Å². The molecule has 0 aliphatic heterocycles. The molecule has 0 saturated carbocycles. The van der Waals surface area contributed by atoms with E-state index in [1.807, 2.05) is 36.4 Å². The fourth-order valence-corrected chi connectivity index (χ4v) is 2.88. The van der Waals surface area contributed by atoms with Gasteiger partial charge >= 0.3 is 0 Å². The van der Waals surface area contributed by atoms with Crippen molar-refractivity contribution >= 4 is 28.8 Å². The number of anilines is 1. The van der Waals surface area contributed by atoms with Crippen LogP contribution in [0.2, 0.25) is 0 Å². The van der Waals surface area contributed by atoms with Crippen LogP contribution in [0.25, 0.3) is 11.0 Å². The highest BCUT2D eigenvalue weighted by atomic mass is 16.2. The Bertz CT molecular complexity index is 912. The van der Waals surface area contributed by atoms with Gasteiger partial charge in [0.2, 0.25) is 5.91 Å². The molecule has 27 heavy (non-hydrogen) atoms. The van der Waals surface area contributed by atoms with Gasteiger partial charge < -0.3 is 4.90 Å². The van der Waals surface area contributed by atoms with E-state index in [0.717, 1.165) is 29.7 Å². The summed E-state index contributed by atoms with van der Waals surface area (Å²) in [5.41, 5.74) is 6.42. The van der Waals surface area contributed by atoms with Crippen LogP contribution in [-0.2, 0) is 11.3 Å². The SMILES string of the molecule is CCN(CC)c1ccc(C=NNC(=O)CCn2nnc3ccccc32)cc1. The Kier molecular flexibility index (Phi) is 6.14. The normalized spacial score (nSPS) is 11.2. The monoisotopic (exact) mass is 364 g/mol. The van der Waals surface area contributed by atoms with E-state index in [4.69, 9.17) is 0 Å². The first-order chi connectivity index (χ1) is 13.2. The van der Waals surface area contributed by atoms with Gasteiger partial charge in [-0.1, -0.05) is 29.5 Å². The van der Waals surface area contributed by atoms with E-state index in [0.29, 0.717) is 6.54 Å². The van der Waals surface area contributed by atoms with Crippen LogP contribution in [0.3, 0.4) is 0 Å². The quantitative estimate of drug-likeness (QED) is 0.493. The zero-order valence-electron chi connectivity index (χ0n) is 15.7. The van der Waals surface area contributed by atoms with Crippen molar-refractivity contribution < 1.29 is 4.79 Å². The minimum Gasteiger partial charge on any atom is -0.372 e. The molecule has 1 heterocycles. The summed E-state index contributed by atoms with van der Waals surface area (Å²) < 4.78 is 1.73. The first-order valence-electron chi connectivity index (χ1n) is 9.16. The first-order valence-corrected chi connectivity index (χ1v) is 9.16. The second-order valence-electron chi connectivity index (χ2n) is 6.11. The number of fused-ring (bicyclic) bond motifs is 1. The van der Waals surface area contributed by atoms with Crippen molar-refractivity contribution in [3.05, 3.63) is 54.1 Å². The van der Waals surface area contributed by atoms with Gasteiger partial charge in [-0.3, -0.25) is 4.79 Å². The average molecular weight is 364 g/mol. The van der Waals surface area contributed by atoms with Gasteiger partial charge in [-0.2, -0.15) is 5.10 Å². The lowest BCUT2D eigenvalue weighted by atomic mass is 10.2. The van der Waals surface area contributed by atoms with Crippen molar-refractivity contribution in [1.29, 1.82) is 0 Å². The Morgan fingerprint density at radius 2 is 1.89 bits per heavy atom. The minimum atomic E-state index is -0.161. The molecule has 1 N–H and O–H groups in total. The van der Waals surface area contributed by atoms with Gasteiger partial charge in [-0.25, -0.2) is 10.1 Å². The van der Waals surface area contributed by atoms with Crippen molar-refractivity contribution in [2.45, 2.75) is 26.8 Å². The maximum absolute atomic E-state index is 12.0. The van der Waals surface area contributed by atoms with Crippen LogP contribution in [0.1, 0.15) is 25.8 Å². The van der Waals surface area contributed by atoms with Gasteiger partial charge in [0, 0.05) is 25.2 Å². The van der Waals surface area contributed by atoms with Crippen molar-refractivity contribution in [2.75, 3.05) is 18.0 Å². The maximum Gasteiger partial charge on any atom is 0.241 e. The van der Waals surface area contributed by atoms with Crippen molar-refractivity contribution in [3.63, 3.8) is 0 Å². The number of carbonyl (C=O) groups is 1. The zero-order chi connectivity index (χ0) is 19.1. The first kappa shape index (κ1) is 18.6. The van der Waals surface area contributed by atoms with Crippen LogP contribution in [-0.4, -0.2) is 40.2 Å². The van der Waals surface area contributed by atoms with Crippen molar-refractivity contribution in [1.82, 2.24) is 20.4 Å². The summed E-state index contributed by atoms with van der Waals surface area (Å²) in [6.07, 6.45) is 1.93. The topological polar surface area (TPSA) is 75.4 Å². The van der Waals surface area contributed by atoms with Crippen LogP contribution < -0.4 is 10.3 Å². The number of hydrogen-bond donors (Lipinski definition) is 1. The number of rotatable bonds is 8. The molecule has 2 aromatic carbocycles. The molecule has 0 aliphatic carbocycles. The predicted octanol–water partition coefficient (Wildman–Crippen LogP) is 2.82. The molecule has 0 bridgehead atoms. The molecule has 0 saturated heterocycles. The minimum absolute atomic E-state index is 0.161. The second kappa shape index (κ2) is 8.93. The predicted molar refractivity (Wildman–Crippen MR) is 108 cm³/mol. The Hall–Kier alpha value is -3.22. The molecule has 1 amide bonds. The van der Waals surface area contributed by atoms with E-state index in [1.54, 1.807) is 10.9 Å². The molecule has 1 aromatic heterocycles. The molecule has 0 unspecified atom stereocenters. The molecule has 0 atom stereocenters. The lowest BCUT2D eigenvalue weighted by Gasteiger charge is -2.20. The highest BCUT2D eigenvalue weighted by Gasteiger charge is 2.06. The number of benzene rings is 2. The summed E-state index contributed by atoms with van der Waals surface area (Å²) in [5, 5.41) is 12.2. The van der Waals surface area contributed by atoms with E-state index >= 15 is 0 Å². The van der Waals surface area contributed by atoms with Gasteiger partial charge in [-0.05, 0) is 43.7 Å². The molecular weight excluding hydrogens is 340 g/mol. The lowest BCUT2D eigenvalue weighted by Crippen LogP contribution is -2.21. The van der Waals surface area contributed by atoms with Crippen LogP contribution >= 0.6 is 0 Å². The Morgan fingerprint density at radius 1 is 1.15 bits per heavy atom. The van der Waals surface area contributed by atoms with Crippen LogP contribution in [0.15, 0.2) is 53.6 Å². The van der Waals surface area contributed by atoms with E-state index in [2.05, 4.69) is 51.7 Å². The van der Waals surface area contributed by atoms with Gasteiger partial charge in [0.1, 0.15) is 5.52 Å². The largest absolute Gasteiger partial charge is 0.372 e. The molecule has 7 nitrogen and oxygen atoms in total. The number of hydrazone groups is 1. The fraction of sp³-hybridized carbons (Fsp3) is 0.300. The number of para-hydroxylation sites is 1. The zero-order valence-corrected chi connectivity index (χ0v) is 15.7. The molecular formula is C20H24N6O. The van der Waals surface area contributed by atoms with Crippen molar-refractivity contribution in [3.8, 4) is 0 Å². The molecule has 0 fully saturated rings. The van der Waals surface area contributed by atoms with E-state index in [9.17, 15) is 4.79 Å². The molecule has 140 valence electrons. The maximum atomic E-state index is 12.0. The third-order valence-electron chi connectivity index (χ3n) is 4.40. The Labute approximate surface area is 158 Å². The third-order valence-corrected chi connectivity index (χ3v) is 4.40. The molecule has 7 heteroatoms. The number of nitrogens with zero attached hydrogens (tertiary/aromatic N) is 5. The van der Waals surface area contributed by atoms with Gasteiger partial charge in [0.15, 0.2) is 0 Å². The number of aryl methyl sites for hydroxylation is 1. The number of amides is 1. The van der Waals surface area contributed by atoms with E-state index in [-0.39, 0.29) is 12.3 Å². The number of hydrogen-bond acceptors (Lipinski definition) is 5. The summed E-state index contributed by atoms with van der Waals surface area (Å²) >= 11 is 0. The highest BCUT2D eigenvalue weighted by molar-refractivity contribution is 5.83. The number of carbonyl (C=O) groups excluding carboxylic acids is 1. The van der Waals surface area contributed by atoms with Gasteiger partial charge in [0.25, 0.3) is 0 Å². The highest BCUT2D eigenvalue weighted by Crippen LogP contribution is 2.14. The summed E-state index contributed by atoms with van der Waals surface area (Å²) in [6, 6.07) is 15.8. The summed E-state index contributed by atoms with van der Waals surface area (Å²) in [6.45, 7) is 6.68. The smallest absolute Gasteiger partial charge is 0.241 e. The molecule has 0 radical (unpaired) electrons. The Morgan fingerprint density at radius 3 is 2.63 bits per heavy atom. The number of aromatic nitrogens is 3. The van der Waals surface area contributed by atoms with Crippen LogP contribution in [0.4, 0.5) is 5.69 Å². The molecule has 0 aliphatic rings. The standard InChI is InChI=1S/C20H24N6O/c1-3-25(4-2)17-11-9-16(10-12-17)15-21-23-20(27)13-14-26-19-8-6-5-7-18(19)22-24-26/h5-12,15H,3-4,13-14H2,1-2H3,(H,23,27). The van der Waals surface area contributed by atoms with Crippen LogP contribution in [0.5, 0.6) is 0 Å². The third kappa shape index (κ3) is 4.69. The summed E-state index contributed by atoms with van der Waals surface area (Å²) in [4.78, 5) is 14.3. The Balaban J connectivity index is 1.50. The van der Waals surface area contributed by atoms with E-state index < -0.39 is 0 Å². The number of nitrogens with one attached hydrogen (secondary N) is 1. The lowest BCUT2D eigenvalue weighted by molar-refractivity contribution is -0.121. The summed E-state index contributed by atoms with van der Waals surface area (Å²) in [7, 11) is 0. The second-order valence-corrected chi connectivity index (χ2v) is 6.11. The fourth-order valence-electron chi connectivity index (χ4n) is 2.88. The van der Waals surface area contributed by atoms with Crippen LogP contribution in [0, 0.1) is 0 Å². The average Bonchev–Trinajstić information content (AvgIpc) is 3.12. The van der Waals surface area contributed by atoms with Gasteiger partial charge in [0.05, 0.1) is 18.3 Å². The molecule has 3 aromatic rings. The molecule has 0 spiro atoms.